The van der Waals surface area contributed by atoms with Crippen LogP contribution in [0.1, 0.15) is 23.7 Å². The van der Waals surface area contributed by atoms with E-state index in [-0.39, 0.29) is 23.6 Å². The molecule has 1 N–H and O–H groups in total. The zero-order valence-corrected chi connectivity index (χ0v) is 12.6. The van der Waals surface area contributed by atoms with Crippen LogP contribution in [0.5, 0.6) is 0 Å². The number of aromatic amines is 1. The number of Topliss-reactive ketones (excluding diaryl/α,β-unsaturated/α-hetero) is 1. The number of hydrogen-bond acceptors (Lipinski definition) is 4. The minimum absolute atomic E-state index is 0.0721. The number of nitrogens with zero attached hydrogens (tertiary/aromatic N) is 1. The molecule has 6 heteroatoms. The second-order valence-electron chi connectivity index (χ2n) is 4.73. The molecule has 110 valence electrons. The fraction of sp³-hybridized carbons (Fsp3) is 0.267. The quantitative estimate of drug-likeness (QED) is 0.681. The molecule has 0 aliphatic carbocycles. The molecule has 0 bridgehead atoms. The van der Waals surface area contributed by atoms with Gasteiger partial charge in [-0.05, 0) is 31.5 Å². The second-order valence-corrected chi connectivity index (χ2v) is 5.69. The van der Waals surface area contributed by atoms with E-state index < -0.39 is 0 Å². The van der Waals surface area contributed by atoms with Gasteiger partial charge >= 0.3 is 0 Å². The number of halogens is 1. The largest absolute Gasteiger partial charge is 0.301 e. The van der Waals surface area contributed by atoms with E-state index >= 15 is 0 Å². The molecule has 4 nitrogen and oxygen atoms in total. The number of carbonyl (C=O) groups is 1. The normalized spacial score (nSPS) is 10.6. The summed E-state index contributed by atoms with van der Waals surface area (Å²) in [5, 5.41) is 0.495. The van der Waals surface area contributed by atoms with E-state index in [2.05, 4.69) is 9.97 Å². The highest BCUT2D eigenvalue weighted by Crippen LogP contribution is 2.19. The number of carbonyl (C=O) groups excluding carboxylic acids is 1. The van der Waals surface area contributed by atoms with Crippen molar-refractivity contribution >= 4 is 17.5 Å². The molecule has 0 saturated heterocycles. The number of rotatable bonds is 5. The molecule has 0 aliphatic rings. The van der Waals surface area contributed by atoms with Crippen molar-refractivity contribution < 1.29 is 9.18 Å². The molecule has 2 rings (SSSR count). The number of thioether (sulfide) groups is 1. The van der Waals surface area contributed by atoms with Crippen molar-refractivity contribution in [1.82, 2.24) is 9.97 Å². The van der Waals surface area contributed by atoms with Crippen LogP contribution < -0.4 is 5.56 Å². The van der Waals surface area contributed by atoms with Crippen molar-refractivity contribution in [1.29, 1.82) is 0 Å². The molecule has 1 aromatic carbocycles. The summed E-state index contributed by atoms with van der Waals surface area (Å²) < 4.78 is 12.8. The molecule has 0 spiro atoms. The second kappa shape index (κ2) is 6.67. The van der Waals surface area contributed by atoms with Gasteiger partial charge < -0.3 is 4.98 Å². The Balaban J connectivity index is 2.12. The van der Waals surface area contributed by atoms with Gasteiger partial charge in [-0.15, -0.1) is 0 Å². The third-order valence-electron chi connectivity index (χ3n) is 2.92. The minimum Gasteiger partial charge on any atom is -0.301 e. The lowest BCUT2D eigenvalue weighted by Gasteiger charge is -2.06. The molecule has 0 atom stereocenters. The average molecular weight is 306 g/mol. The van der Waals surface area contributed by atoms with Crippen LogP contribution in [0.25, 0.3) is 0 Å². The maximum Gasteiger partial charge on any atom is 0.255 e. The number of benzene rings is 1. The van der Waals surface area contributed by atoms with Crippen LogP contribution in [-0.4, -0.2) is 15.8 Å². The summed E-state index contributed by atoms with van der Waals surface area (Å²) in [6.07, 6.45) is 0.0943. The number of hydrogen-bond donors (Lipinski definition) is 1. The van der Waals surface area contributed by atoms with Crippen LogP contribution in [0.15, 0.2) is 34.2 Å². The Bertz CT molecular complexity index is 711. The first-order valence-electron chi connectivity index (χ1n) is 6.42. The third kappa shape index (κ3) is 4.26. The monoisotopic (exact) mass is 306 g/mol. The maximum absolute atomic E-state index is 12.8. The SMILES string of the molecule is CC(=O)Cc1c(C)nc(SCc2ccc(F)cc2)[nH]c1=O. The van der Waals surface area contributed by atoms with Gasteiger partial charge in [-0.1, -0.05) is 23.9 Å². The molecule has 0 amide bonds. The van der Waals surface area contributed by atoms with Gasteiger partial charge in [0.2, 0.25) is 0 Å². The summed E-state index contributed by atoms with van der Waals surface area (Å²) in [4.78, 5) is 30.0. The van der Waals surface area contributed by atoms with Crippen LogP contribution in [0, 0.1) is 12.7 Å². The van der Waals surface area contributed by atoms with E-state index in [0.29, 0.717) is 22.2 Å². The Morgan fingerprint density at radius 3 is 2.57 bits per heavy atom. The van der Waals surface area contributed by atoms with Crippen LogP contribution in [-0.2, 0) is 17.0 Å². The number of aromatic nitrogens is 2. The van der Waals surface area contributed by atoms with E-state index in [9.17, 15) is 14.0 Å². The van der Waals surface area contributed by atoms with E-state index in [1.54, 1.807) is 19.1 Å². The number of ketones is 1. The lowest BCUT2D eigenvalue weighted by atomic mass is 10.1. The van der Waals surface area contributed by atoms with Gasteiger partial charge in [0.05, 0.1) is 0 Å². The van der Waals surface area contributed by atoms with Gasteiger partial charge in [0.1, 0.15) is 11.6 Å². The van der Waals surface area contributed by atoms with Gasteiger partial charge in [-0.2, -0.15) is 0 Å². The molecule has 0 saturated carbocycles. The van der Waals surface area contributed by atoms with Crippen molar-refractivity contribution in [3.8, 4) is 0 Å². The molecule has 1 aromatic heterocycles. The number of aryl methyl sites for hydroxylation is 1. The van der Waals surface area contributed by atoms with E-state index in [1.165, 1.54) is 30.8 Å². The van der Waals surface area contributed by atoms with Crippen LogP contribution in [0.3, 0.4) is 0 Å². The van der Waals surface area contributed by atoms with Gasteiger partial charge in [-0.3, -0.25) is 9.59 Å². The molecule has 21 heavy (non-hydrogen) atoms. The van der Waals surface area contributed by atoms with Gasteiger partial charge in [0.25, 0.3) is 5.56 Å². The summed E-state index contributed by atoms with van der Waals surface area (Å²) in [5.74, 6) is 0.228. The lowest BCUT2D eigenvalue weighted by molar-refractivity contribution is -0.116. The summed E-state index contributed by atoms with van der Waals surface area (Å²) >= 11 is 1.36. The summed E-state index contributed by atoms with van der Waals surface area (Å²) in [6, 6.07) is 6.18. The van der Waals surface area contributed by atoms with Crippen molar-refractivity contribution in [3.63, 3.8) is 0 Å². The Hall–Kier alpha value is -1.95. The number of H-pyrrole nitrogens is 1. The Morgan fingerprint density at radius 2 is 2.00 bits per heavy atom. The van der Waals surface area contributed by atoms with Crippen molar-refractivity contribution in [2.75, 3.05) is 0 Å². The molecule has 0 unspecified atom stereocenters. The van der Waals surface area contributed by atoms with Gasteiger partial charge in [0, 0.05) is 23.4 Å². The molecule has 0 radical (unpaired) electrons. The topological polar surface area (TPSA) is 62.8 Å². The number of nitrogens with one attached hydrogen (secondary N) is 1. The Kier molecular flexibility index (Phi) is 4.90. The fourth-order valence-electron chi connectivity index (χ4n) is 1.84. The highest BCUT2D eigenvalue weighted by molar-refractivity contribution is 7.98. The first kappa shape index (κ1) is 15.4. The first-order valence-corrected chi connectivity index (χ1v) is 7.40. The highest BCUT2D eigenvalue weighted by Gasteiger charge is 2.10. The fourth-order valence-corrected chi connectivity index (χ4v) is 2.70. The van der Waals surface area contributed by atoms with E-state index in [0.717, 1.165) is 5.56 Å². The van der Waals surface area contributed by atoms with E-state index in [4.69, 9.17) is 0 Å². The first-order chi connectivity index (χ1) is 9.95. The maximum atomic E-state index is 12.8. The summed E-state index contributed by atoms with van der Waals surface area (Å²) in [7, 11) is 0. The zero-order valence-electron chi connectivity index (χ0n) is 11.8. The van der Waals surface area contributed by atoms with Crippen molar-refractivity contribution in [3.05, 3.63) is 57.3 Å². The lowest BCUT2D eigenvalue weighted by Crippen LogP contribution is -2.19. The molecule has 1 heterocycles. The van der Waals surface area contributed by atoms with E-state index in [1.807, 2.05) is 0 Å². The summed E-state index contributed by atoms with van der Waals surface area (Å²) in [5.41, 5.74) is 1.64. The standard InChI is InChI=1S/C15H15FN2O2S/c1-9(19)7-13-10(2)17-15(18-14(13)20)21-8-11-3-5-12(16)6-4-11/h3-6H,7-8H2,1-2H3,(H,17,18,20). The van der Waals surface area contributed by atoms with Gasteiger partial charge in [0.15, 0.2) is 5.16 Å². The summed E-state index contributed by atoms with van der Waals surface area (Å²) in [6.45, 7) is 3.16. The van der Waals surface area contributed by atoms with Crippen LogP contribution >= 0.6 is 11.8 Å². The third-order valence-corrected chi connectivity index (χ3v) is 3.86. The molecular formula is C15H15FN2O2S. The molecule has 2 aromatic rings. The Morgan fingerprint density at radius 1 is 1.33 bits per heavy atom. The highest BCUT2D eigenvalue weighted by atomic mass is 32.2. The van der Waals surface area contributed by atoms with Gasteiger partial charge in [-0.25, -0.2) is 9.37 Å². The predicted octanol–water partition coefficient (Wildman–Crippen LogP) is 2.64. The van der Waals surface area contributed by atoms with Crippen molar-refractivity contribution in [2.45, 2.75) is 31.2 Å². The smallest absolute Gasteiger partial charge is 0.255 e. The predicted molar refractivity (Wildman–Crippen MR) is 79.9 cm³/mol. The average Bonchev–Trinajstić information content (AvgIpc) is 2.42. The molecule has 0 fully saturated rings. The molecule has 0 aliphatic heterocycles. The zero-order chi connectivity index (χ0) is 15.4. The Labute approximate surface area is 125 Å². The molecular weight excluding hydrogens is 291 g/mol. The van der Waals surface area contributed by atoms with Crippen LogP contribution in [0.2, 0.25) is 0 Å². The van der Waals surface area contributed by atoms with Crippen molar-refractivity contribution in [2.24, 2.45) is 0 Å². The van der Waals surface area contributed by atoms with Crippen LogP contribution in [0.4, 0.5) is 4.39 Å². The minimum atomic E-state index is -0.278.